The van der Waals surface area contributed by atoms with Crippen LogP contribution in [0, 0.1) is 0 Å². The van der Waals surface area contributed by atoms with Crippen molar-refractivity contribution in [1.29, 1.82) is 0 Å². The van der Waals surface area contributed by atoms with E-state index in [1.54, 1.807) is 30.6 Å². The standard InChI is InChI=1S/C25H16ClN3O3/c1-31-25(30)17-13-18-20(14-19(17)26)27-11-9-21(18)32-22-12-16-8-5-10-28-24(16)29-23(22)15-6-3-2-4-7-15/h2-14H,1H3. The highest BCUT2D eigenvalue weighted by Crippen LogP contribution is 2.37. The van der Waals surface area contributed by atoms with Gasteiger partial charge < -0.3 is 9.47 Å². The van der Waals surface area contributed by atoms with Gasteiger partial charge >= 0.3 is 5.97 Å². The number of hydrogen-bond donors (Lipinski definition) is 0. The van der Waals surface area contributed by atoms with Gasteiger partial charge in [-0.15, -0.1) is 0 Å². The fourth-order valence-corrected chi connectivity index (χ4v) is 3.72. The number of fused-ring (bicyclic) bond motifs is 2. The third-order valence-electron chi connectivity index (χ3n) is 5.02. The molecule has 0 fully saturated rings. The normalized spacial score (nSPS) is 10.9. The zero-order valence-electron chi connectivity index (χ0n) is 16.9. The maximum absolute atomic E-state index is 12.1. The number of carbonyl (C=O) groups is 1. The topological polar surface area (TPSA) is 74.2 Å². The highest BCUT2D eigenvalue weighted by atomic mass is 35.5. The second-order valence-electron chi connectivity index (χ2n) is 7.00. The van der Waals surface area contributed by atoms with Gasteiger partial charge in [0.2, 0.25) is 0 Å². The Bertz CT molecular complexity index is 1470. The van der Waals surface area contributed by atoms with E-state index in [0.717, 1.165) is 10.9 Å². The molecule has 0 aliphatic heterocycles. The Morgan fingerprint density at radius 2 is 1.75 bits per heavy atom. The van der Waals surface area contributed by atoms with E-state index < -0.39 is 5.97 Å². The van der Waals surface area contributed by atoms with Gasteiger partial charge in [-0.2, -0.15) is 0 Å². The van der Waals surface area contributed by atoms with Crippen LogP contribution in [-0.2, 0) is 4.74 Å². The van der Waals surface area contributed by atoms with Crippen LogP contribution in [0.5, 0.6) is 11.5 Å². The number of rotatable bonds is 4. The van der Waals surface area contributed by atoms with E-state index in [1.165, 1.54) is 7.11 Å². The quantitative estimate of drug-likeness (QED) is 0.315. The van der Waals surface area contributed by atoms with E-state index in [-0.39, 0.29) is 10.6 Å². The Hall–Kier alpha value is -4.03. The van der Waals surface area contributed by atoms with E-state index in [2.05, 4.69) is 9.97 Å². The summed E-state index contributed by atoms with van der Waals surface area (Å²) in [6.45, 7) is 0. The molecule has 5 rings (SSSR count). The molecule has 7 heteroatoms. The Balaban J connectivity index is 1.70. The molecule has 0 saturated heterocycles. The average Bonchev–Trinajstić information content (AvgIpc) is 2.83. The highest BCUT2D eigenvalue weighted by Gasteiger charge is 2.17. The van der Waals surface area contributed by atoms with Gasteiger partial charge in [0.25, 0.3) is 0 Å². The largest absolute Gasteiger partial charge is 0.465 e. The first kappa shape index (κ1) is 19.9. The zero-order chi connectivity index (χ0) is 22.1. The monoisotopic (exact) mass is 441 g/mol. The summed E-state index contributed by atoms with van der Waals surface area (Å²) in [6, 6.07) is 20.4. The molecule has 0 unspecified atom stereocenters. The van der Waals surface area contributed by atoms with Gasteiger partial charge in [0.05, 0.1) is 23.2 Å². The number of aromatic nitrogens is 3. The SMILES string of the molecule is COC(=O)c1cc2c(Oc3cc4cccnc4nc3-c3ccccc3)ccnc2cc1Cl. The van der Waals surface area contributed by atoms with Crippen molar-refractivity contribution < 1.29 is 14.3 Å². The third-order valence-corrected chi connectivity index (χ3v) is 5.33. The third kappa shape index (κ3) is 3.61. The molecular formula is C25H16ClN3O3. The van der Waals surface area contributed by atoms with Crippen LogP contribution >= 0.6 is 11.6 Å². The minimum atomic E-state index is -0.532. The molecule has 32 heavy (non-hydrogen) atoms. The average molecular weight is 442 g/mol. The molecule has 0 saturated carbocycles. The molecule has 0 radical (unpaired) electrons. The van der Waals surface area contributed by atoms with Crippen LogP contribution in [0.25, 0.3) is 33.2 Å². The van der Waals surface area contributed by atoms with Crippen molar-refractivity contribution in [3.05, 3.63) is 89.7 Å². The second-order valence-corrected chi connectivity index (χ2v) is 7.41. The van der Waals surface area contributed by atoms with Gasteiger partial charge in [0.15, 0.2) is 11.4 Å². The molecular weight excluding hydrogens is 426 g/mol. The van der Waals surface area contributed by atoms with Crippen molar-refractivity contribution in [1.82, 2.24) is 15.0 Å². The summed E-state index contributed by atoms with van der Waals surface area (Å²) in [7, 11) is 1.31. The van der Waals surface area contributed by atoms with Crippen molar-refractivity contribution in [2.45, 2.75) is 0 Å². The lowest BCUT2D eigenvalue weighted by Crippen LogP contribution is -2.02. The maximum Gasteiger partial charge on any atom is 0.339 e. The van der Waals surface area contributed by atoms with Crippen LogP contribution in [0.1, 0.15) is 10.4 Å². The van der Waals surface area contributed by atoms with Gasteiger partial charge in [-0.25, -0.2) is 14.8 Å². The predicted molar refractivity (Wildman–Crippen MR) is 123 cm³/mol. The molecule has 3 heterocycles. The Morgan fingerprint density at radius 3 is 2.56 bits per heavy atom. The van der Waals surface area contributed by atoms with Gasteiger partial charge in [-0.3, -0.25) is 4.98 Å². The molecule has 0 N–H and O–H groups in total. The van der Waals surface area contributed by atoms with Gasteiger partial charge in [0, 0.05) is 28.7 Å². The Labute approximate surface area is 188 Å². The Kier molecular flexibility index (Phi) is 5.13. The maximum atomic E-state index is 12.1. The molecule has 2 aromatic carbocycles. The molecule has 0 bridgehead atoms. The fourth-order valence-electron chi connectivity index (χ4n) is 3.48. The minimum absolute atomic E-state index is 0.239. The summed E-state index contributed by atoms with van der Waals surface area (Å²) in [5.41, 5.74) is 3.01. The van der Waals surface area contributed by atoms with Crippen molar-refractivity contribution in [2.24, 2.45) is 0 Å². The van der Waals surface area contributed by atoms with Crippen molar-refractivity contribution in [3.8, 4) is 22.8 Å². The first-order valence-corrected chi connectivity index (χ1v) is 10.2. The second kappa shape index (κ2) is 8.24. The first-order valence-electron chi connectivity index (χ1n) is 9.79. The number of ether oxygens (including phenoxy) is 2. The van der Waals surface area contributed by atoms with Gasteiger partial charge in [0.1, 0.15) is 11.4 Å². The van der Waals surface area contributed by atoms with Gasteiger partial charge in [-0.1, -0.05) is 41.9 Å². The van der Waals surface area contributed by atoms with Crippen LogP contribution < -0.4 is 4.74 Å². The molecule has 156 valence electrons. The van der Waals surface area contributed by atoms with E-state index >= 15 is 0 Å². The number of carbonyl (C=O) groups excluding carboxylic acids is 1. The zero-order valence-corrected chi connectivity index (χ0v) is 17.7. The number of hydrogen-bond acceptors (Lipinski definition) is 6. The summed E-state index contributed by atoms with van der Waals surface area (Å²) in [4.78, 5) is 25.6. The molecule has 3 aromatic heterocycles. The van der Waals surface area contributed by atoms with Crippen LogP contribution in [0.2, 0.25) is 5.02 Å². The molecule has 0 aliphatic rings. The lowest BCUT2D eigenvalue weighted by atomic mass is 10.1. The lowest BCUT2D eigenvalue weighted by Gasteiger charge is -2.14. The Morgan fingerprint density at radius 1 is 0.906 bits per heavy atom. The fraction of sp³-hybridized carbons (Fsp3) is 0.0400. The number of halogens is 1. The first-order chi connectivity index (χ1) is 15.6. The van der Waals surface area contributed by atoms with Crippen LogP contribution in [0.3, 0.4) is 0 Å². The summed E-state index contributed by atoms with van der Waals surface area (Å²) in [5, 5.41) is 1.74. The number of methoxy groups -OCH3 is 1. The number of esters is 1. The molecule has 6 nitrogen and oxygen atoms in total. The minimum Gasteiger partial charge on any atom is -0.465 e. The summed E-state index contributed by atoms with van der Waals surface area (Å²) in [6.07, 6.45) is 3.34. The van der Waals surface area contributed by atoms with E-state index in [4.69, 9.17) is 26.1 Å². The molecule has 5 aromatic rings. The smallest absolute Gasteiger partial charge is 0.339 e. The van der Waals surface area contributed by atoms with Crippen molar-refractivity contribution >= 4 is 39.5 Å². The van der Waals surface area contributed by atoms with Crippen LogP contribution in [0.15, 0.2) is 79.1 Å². The van der Waals surface area contributed by atoms with E-state index in [0.29, 0.717) is 33.7 Å². The van der Waals surface area contributed by atoms with E-state index in [1.807, 2.05) is 48.5 Å². The van der Waals surface area contributed by atoms with Gasteiger partial charge in [-0.05, 0) is 36.4 Å². The predicted octanol–water partition coefficient (Wildman–Crippen LogP) is 6.08. The highest BCUT2D eigenvalue weighted by molar-refractivity contribution is 6.34. The molecule has 0 spiro atoms. The van der Waals surface area contributed by atoms with E-state index in [9.17, 15) is 4.79 Å². The van der Waals surface area contributed by atoms with Crippen molar-refractivity contribution in [2.75, 3.05) is 7.11 Å². The molecule has 0 aliphatic carbocycles. The summed E-state index contributed by atoms with van der Waals surface area (Å²) >= 11 is 6.26. The summed E-state index contributed by atoms with van der Waals surface area (Å²) < 4.78 is 11.2. The number of benzene rings is 2. The number of nitrogens with zero attached hydrogens (tertiary/aromatic N) is 3. The van der Waals surface area contributed by atoms with Crippen LogP contribution in [0.4, 0.5) is 0 Å². The van der Waals surface area contributed by atoms with Crippen LogP contribution in [-0.4, -0.2) is 28.0 Å². The van der Waals surface area contributed by atoms with Crippen molar-refractivity contribution in [3.63, 3.8) is 0 Å². The molecule has 0 atom stereocenters. The molecule has 0 amide bonds. The number of pyridine rings is 3. The summed E-state index contributed by atoms with van der Waals surface area (Å²) in [5.74, 6) is 0.535. The lowest BCUT2D eigenvalue weighted by molar-refractivity contribution is 0.0601.